The predicted octanol–water partition coefficient (Wildman–Crippen LogP) is 2.92. The number of nitrogens with one attached hydrogen (secondary N) is 1. The first-order chi connectivity index (χ1) is 11.2. The molecule has 0 unspecified atom stereocenters. The van der Waals surface area contributed by atoms with Crippen molar-refractivity contribution in [2.24, 2.45) is 0 Å². The van der Waals surface area contributed by atoms with Gasteiger partial charge in [-0.2, -0.15) is 0 Å². The topological polar surface area (TPSA) is 77.2 Å². The normalized spacial score (nSPS) is 10.3. The van der Waals surface area contributed by atoms with Gasteiger partial charge in [-0.25, -0.2) is 0 Å². The van der Waals surface area contributed by atoms with Crippen LogP contribution in [0.3, 0.4) is 0 Å². The number of methoxy groups -OCH3 is 1. The molecule has 116 valence electrons. The Labute approximate surface area is 133 Å². The van der Waals surface area contributed by atoms with E-state index in [1.54, 1.807) is 31.4 Å². The Morgan fingerprint density at radius 3 is 2.74 bits per heavy atom. The molecule has 0 spiro atoms. The van der Waals surface area contributed by atoms with E-state index in [-0.39, 0.29) is 11.9 Å². The lowest BCUT2D eigenvalue weighted by molar-refractivity contribution is 0.102. The Kier molecular flexibility index (Phi) is 4.33. The standard InChI is InChI=1S/C17H15N3O3/c1-22-14-9-5-8-13(11-14)16(21)18-17-20-19-15(23-17)10-12-6-3-2-4-7-12/h2-9,11H,10H2,1H3,(H,18,20,21). The molecule has 0 radical (unpaired) electrons. The predicted molar refractivity (Wildman–Crippen MR) is 84.5 cm³/mol. The summed E-state index contributed by atoms with van der Waals surface area (Å²) in [7, 11) is 1.55. The zero-order chi connectivity index (χ0) is 16.1. The lowest BCUT2D eigenvalue weighted by Gasteiger charge is -2.03. The quantitative estimate of drug-likeness (QED) is 0.784. The van der Waals surface area contributed by atoms with Gasteiger partial charge in [0.05, 0.1) is 13.5 Å². The number of ether oxygens (including phenoxy) is 1. The second kappa shape index (κ2) is 6.74. The maximum Gasteiger partial charge on any atom is 0.322 e. The molecule has 1 N–H and O–H groups in total. The highest BCUT2D eigenvalue weighted by molar-refractivity contribution is 6.03. The maximum absolute atomic E-state index is 12.2. The van der Waals surface area contributed by atoms with Gasteiger partial charge in [0.2, 0.25) is 5.89 Å². The van der Waals surface area contributed by atoms with Crippen molar-refractivity contribution in [2.75, 3.05) is 12.4 Å². The molecule has 0 saturated heterocycles. The highest BCUT2D eigenvalue weighted by atomic mass is 16.5. The molecular formula is C17H15N3O3. The van der Waals surface area contributed by atoms with Gasteiger partial charge in [0.25, 0.3) is 5.91 Å². The van der Waals surface area contributed by atoms with Crippen molar-refractivity contribution in [1.29, 1.82) is 0 Å². The van der Waals surface area contributed by atoms with E-state index in [4.69, 9.17) is 9.15 Å². The fraction of sp³-hybridized carbons (Fsp3) is 0.118. The molecule has 0 aliphatic rings. The van der Waals surface area contributed by atoms with Crippen molar-refractivity contribution in [3.8, 4) is 5.75 Å². The van der Waals surface area contributed by atoms with Gasteiger partial charge in [-0.3, -0.25) is 10.1 Å². The van der Waals surface area contributed by atoms with Gasteiger partial charge in [0, 0.05) is 5.56 Å². The van der Waals surface area contributed by atoms with Crippen LogP contribution in [0, 0.1) is 0 Å². The van der Waals surface area contributed by atoms with E-state index in [0.717, 1.165) is 5.56 Å². The number of hydrogen-bond acceptors (Lipinski definition) is 5. The second-order valence-corrected chi connectivity index (χ2v) is 4.85. The minimum absolute atomic E-state index is 0.0729. The van der Waals surface area contributed by atoms with Crippen molar-refractivity contribution in [2.45, 2.75) is 6.42 Å². The van der Waals surface area contributed by atoms with Crippen LogP contribution in [0.1, 0.15) is 21.8 Å². The Morgan fingerprint density at radius 1 is 1.13 bits per heavy atom. The number of carbonyl (C=O) groups excluding carboxylic acids is 1. The summed E-state index contributed by atoms with van der Waals surface area (Å²) in [6.07, 6.45) is 0.517. The summed E-state index contributed by atoms with van der Waals surface area (Å²) in [6.45, 7) is 0. The van der Waals surface area contributed by atoms with Gasteiger partial charge in [-0.1, -0.05) is 41.5 Å². The monoisotopic (exact) mass is 309 g/mol. The fourth-order valence-corrected chi connectivity index (χ4v) is 2.08. The van der Waals surface area contributed by atoms with Gasteiger partial charge < -0.3 is 9.15 Å². The van der Waals surface area contributed by atoms with E-state index < -0.39 is 0 Å². The Morgan fingerprint density at radius 2 is 1.96 bits per heavy atom. The number of nitrogens with zero attached hydrogens (tertiary/aromatic N) is 2. The summed E-state index contributed by atoms with van der Waals surface area (Å²) in [6, 6.07) is 16.7. The third-order valence-corrected chi connectivity index (χ3v) is 3.22. The van der Waals surface area contributed by atoms with E-state index in [1.165, 1.54) is 0 Å². The van der Waals surface area contributed by atoms with Crippen LogP contribution in [0.4, 0.5) is 6.01 Å². The van der Waals surface area contributed by atoms with E-state index in [9.17, 15) is 4.79 Å². The van der Waals surface area contributed by atoms with Crippen molar-refractivity contribution in [3.05, 3.63) is 71.6 Å². The van der Waals surface area contributed by atoms with Gasteiger partial charge in [-0.05, 0) is 23.8 Å². The molecule has 0 aliphatic carbocycles. The lowest BCUT2D eigenvalue weighted by Crippen LogP contribution is -2.12. The summed E-state index contributed by atoms with van der Waals surface area (Å²) in [5, 5.41) is 10.4. The number of anilines is 1. The summed E-state index contributed by atoms with van der Waals surface area (Å²) < 4.78 is 10.5. The third kappa shape index (κ3) is 3.74. The minimum atomic E-state index is -0.334. The number of carbonyl (C=O) groups is 1. The number of amides is 1. The average Bonchev–Trinajstić information content (AvgIpc) is 3.02. The van der Waals surface area contributed by atoms with Crippen LogP contribution in [0.2, 0.25) is 0 Å². The molecular weight excluding hydrogens is 294 g/mol. The molecule has 3 aromatic rings. The zero-order valence-corrected chi connectivity index (χ0v) is 12.5. The van der Waals surface area contributed by atoms with Crippen LogP contribution in [-0.2, 0) is 6.42 Å². The first kappa shape index (κ1) is 14.8. The summed E-state index contributed by atoms with van der Waals surface area (Å²) in [5.41, 5.74) is 1.51. The lowest BCUT2D eigenvalue weighted by atomic mass is 10.2. The van der Waals surface area contributed by atoms with Crippen molar-refractivity contribution in [3.63, 3.8) is 0 Å². The molecule has 6 heteroatoms. The summed E-state index contributed by atoms with van der Waals surface area (Å²) in [4.78, 5) is 12.2. The molecule has 0 aliphatic heterocycles. The van der Waals surface area contributed by atoms with Crippen LogP contribution in [-0.4, -0.2) is 23.2 Å². The molecule has 0 fully saturated rings. The van der Waals surface area contributed by atoms with E-state index in [0.29, 0.717) is 23.6 Å². The number of aromatic nitrogens is 2. The average molecular weight is 309 g/mol. The van der Waals surface area contributed by atoms with Crippen LogP contribution < -0.4 is 10.1 Å². The molecule has 1 heterocycles. The van der Waals surface area contributed by atoms with Crippen LogP contribution in [0.15, 0.2) is 59.0 Å². The Hall–Kier alpha value is -3.15. The van der Waals surface area contributed by atoms with Crippen LogP contribution in [0.25, 0.3) is 0 Å². The molecule has 23 heavy (non-hydrogen) atoms. The van der Waals surface area contributed by atoms with Crippen molar-refractivity contribution in [1.82, 2.24) is 10.2 Å². The molecule has 0 bridgehead atoms. The first-order valence-corrected chi connectivity index (χ1v) is 7.06. The second-order valence-electron chi connectivity index (χ2n) is 4.85. The molecule has 2 aromatic carbocycles. The summed E-state index contributed by atoms with van der Waals surface area (Å²) in [5.74, 6) is 0.712. The van der Waals surface area contributed by atoms with Crippen LogP contribution >= 0.6 is 0 Å². The third-order valence-electron chi connectivity index (χ3n) is 3.22. The Balaban J connectivity index is 1.67. The van der Waals surface area contributed by atoms with E-state index >= 15 is 0 Å². The van der Waals surface area contributed by atoms with Gasteiger partial charge in [0.15, 0.2) is 0 Å². The van der Waals surface area contributed by atoms with Crippen molar-refractivity contribution < 1.29 is 13.9 Å². The minimum Gasteiger partial charge on any atom is -0.497 e. The SMILES string of the molecule is COc1cccc(C(=O)Nc2nnc(Cc3ccccc3)o2)c1. The van der Waals surface area contributed by atoms with Gasteiger partial charge in [0.1, 0.15) is 5.75 Å². The van der Waals surface area contributed by atoms with E-state index in [1.807, 2.05) is 30.3 Å². The fourth-order valence-electron chi connectivity index (χ4n) is 2.08. The Bertz CT molecular complexity index is 800. The van der Waals surface area contributed by atoms with Gasteiger partial charge in [-0.15, -0.1) is 5.10 Å². The largest absolute Gasteiger partial charge is 0.497 e. The van der Waals surface area contributed by atoms with Gasteiger partial charge >= 0.3 is 6.01 Å². The first-order valence-electron chi connectivity index (χ1n) is 7.06. The van der Waals surface area contributed by atoms with Crippen molar-refractivity contribution >= 4 is 11.9 Å². The molecule has 6 nitrogen and oxygen atoms in total. The molecule has 1 amide bonds. The van der Waals surface area contributed by atoms with Crippen LogP contribution in [0.5, 0.6) is 5.75 Å². The summed E-state index contributed by atoms with van der Waals surface area (Å²) >= 11 is 0. The number of hydrogen-bond donors (Lipinski definition) is 1. The zero-order valence-electron chi connectivity index (χ0n) is 12.5. The number of benzene rings is 2. The molecule has 0 atom stereocenters. The molecule has 1 aromatic heterocycles. The highest BCUT2D eigenvalue weighted by Crippen LogP contribution is 2.15. The highest BCUT2D eigenvalue weighted by Gasteiger charge is 2.12. The smallest absolute Gasteiger partial charge is 0.322 e. The van der Waals surface area contributed by atoms with E-state index in [2.05, 4.69) is 15.5 Å². The molecule has 3 rings (SSSR count). The molecule has 0 saturated carbocycles. The maximum atomic E-state index is 12.2. The number of rotatable bonds is 5.